The van der Waals surface area contributed by atoms with Gasteiger partial charge in [0.1, 0.15) is 5.82 Å². The molecule has 0 saturated carbocycles. The molecule has 0 radical (unpaired) electrons. The number of imidazole rings is 1. The first kappa shape index (κ1) is 24.0. The molecule has 0 unspecified atom stereocenters. The van der Waals surface area contributed by atoms with Crippen molar-refractivity contribution in [2.45, 2.75) is 38.1 Å². The number of halogens is 6. The van der Waals surface area contributed by atoms with E-state index in [1.54, 1.807) is 4.90 Å². The van der Waals surface area contributed by atoms with Crippen LogP contribution in [0.1, 0.15) is 34.0 Å². The van der Waals surface area contributed by atoms with Crippen LogP contribution in [0.3, 0.4) is 0 Å². The number of alkyl halides is 3. The summed E-state index contributed by atoms with van der Waals surface area (Å²) in [7, 11) is 1.28. The molecule has 1 aromatic heterocycles. The van der Waals surface area contributed by atoms with E-state index in [1.165, 1.54) is 7.05 Å². The third-order valence-corrected chi connectivity index (χ3v) is 5.49. The molecule has 1 amide bonds. The number of benzene rings is 1. The second-order valence-electron chi connectivity index (χ2n) is 7.30. The predicted molar refractivity (Wildman–Crippen MR) is 106 cm³/mol. The summed E-state index contributed by atoms with van der Waals surface area (Å²) in [5.74, 6) is -5.39. The summed E-state index contributed by atoms with van der Waals surface area (Å²) in [6.45, 7) is -0.0943. The first-order valence-electron chi connectivity index (χ1n) is 9.47. The molecule has 1 aliphatic heterocycles. The van der Waals surface area contributed by atoms with Crippen molar-refractivity contribution in [3.63, 3.8) is 0 Å². The normalized spacial score (nSPS) is 14.8. The van der Waals surface area contributed by atoms with E-state index >= 15 is 0 Å². The van der Waals surface area contributed by atoms with Crippen LogP contribution in [0, 0.1) is 17.5 Å². The van der Waals surface area contributed by atoms with Crippen LogP contribution in [0.15, 0.2) is 12.1 Å². The third kappa shape index (κ3) is 4.88. The monoisotopic (exact) mass is 479 g/mol. The predicted octanol–water partition coefficient (Wildman–Crippen LogP) is 2.78. The SMILES string of the molecule is CNC(=O)c1nc(C(F)(F)F)n2c1CN(C(=S)C[C@@H](N)Cc1cc(F)c(F)cc1F)CC2. The molecule has 0 fully saturated rings. The molecule has 1 aliphatic rings. The van der Waals surface area contributed by atoms with Crippen molar-refractivity contribution in [3.05, 3.63) is 52.4 Å². The Bertz CT molecular complexity index is 1050. The lowest BCUT2D eigenvalue weighted by Gasteiger charge is -2.32. The van der Waals surface area contributed by atoms with Crippen LogP contribution in [-0.4, -0.2) is 45.0 Å². The number of rotatable bonds is 5. The molecule has 0 spiro atoms. The van der Waals surface area contributed by atoms with E-state index in [0.29, 0.717) is 6.07 Å². The summed E-state index contributed by atoms with van der Waals surface area (Å²) in [6, 6.07) is 0.402. The van der Waals surface area contributed by atoms with Gasteiger partial charge in [-0.1, -0.05) is 12.2 Å². The Morgan fingerprint density at radius 3 is 2.50 bits per heavy atom. The van der Waals surface area contributed by atoms with Crippen molar-refractivity contribution in [2.24, 2.45) is 5.73 Å². The third-order valence-electron chi connectivity index (χ3n) is 5.06. The van der Waals surface area contributed by atoms with Crippen molar-refractivity contribution >= 4 is 23.1 Å². The highest BCUT2D eigenvalue weighted by Gasteiger charge is 2.41. The lowest BCUT2D eigenvalue weighted by molar-refractivity contribution is -0.147. The van der Waals surface area contributed by atoms with E-state index in [1.807, 2.05) is 0 Å². The van der Waals surface area contributed by atoms with E-state index in [4.69, 9.17) is 18.0 Å². The van der Waals surface area contributed by atoms with Gasteiger partial charge >= 0.3 is 6.18 Å². The molecule has 2 heterocycles. The Morgan fingerprint density at radius 1 is 1.22 bits per heavy atom. The van der Waals surface area contributed by atoms with Crippen molar-refractivity contribution < 1.29 is 31.1 Å². The number of aromatic nitrogens is 2. The molecule has 0 saturated heterocycles. The second-order valence-corrected chi connectivity index (χ2v) is 7.77. The molecule has 13 heteroatoms. The largest absolute Gasteiger partial charge is 0.449 e. The molecule has 3 N–H and O–H groups in total. The fourth-order valence-electron chi connectivity index (χ4n) is 3.53. The van der Waals surface area contributed by atoms with Crippen LogP contribution < -0.4 is 11.1 Å². The molecule has 0 aliphatic carbocycles. The van der Waals surface area contributed by atoms with E-state index in [9.17, 15) is 31.1 Å². The van der Waals surface area contributed by atoms with Crippen molar-refractivity contribution in [3.8, 4) is 0 Å². The first-order valence-corrected chi connectivity index (χ1v) is 9.88. The Hall–Kier alpha value is -2.67. The summed E-state index contributed by atoms with van der Waals surface area (Å²) < 4.78 is 81.2. The van der Waals surface area contributed by atoms with Gasteiger partial charge in [0.25, 0.3) is 5.91 Å². The molecule has 6 nitrogen and oxygen atoms in total. The van der Waals surface area contributed by atoms with Crippen LogP contribution >= 0.6 is 12.2 Å². The molecular weight excluding hydrogens is 460 g/mol. The standard InChI is InChI=1S/C19H19F6N5OS/c1-27-17(31)16-14-8-29(2-3-30(14)18(28-16)19(23,24)25)15(32)6-10(26)4-9-5-12(21)13(22)7-11(9)20/h5,7,10H,2-4,6,8,26H2,1H3,(H,27,31)/t10-/m0/s1. The molecular formula is C19H19F6N5OS. The van der Waals surface area contributed by atoms with Gasteiger partial charge in [-0.2, -0.15) is 13.2 Å². The highest BCUT2D eigenvalue weighted by molar-refractivity contribution is 7.80. The minimum absolute atomic E-state index is 0.0450. The van der Waals surface area contributed by atoms with Gasteiger partial charge in [0, 0.05) is 38.7 Å². The zero-order chi connectivity index (χ0) is 23.8. The van der Waals surface area contributed by atoms with Crippen LogP contribution in [-0.2, 0) is 25.7 Å². The van der Waals surface area contributed by atoms with Crippen LogP contribution in [0.25, 0.3) is 0 Å². The lowest BCUT2D eigenvalue weighted by Crippen LogP contribution is -2.41. The first-order chi connectivity index (χ1) is 14.9. The smallest absolute Gasteiger partial charge is 0.358 e. The summed E-state index contributed by atoms with van der Waals surface area (Å²) >= 11 is 5.36. The number of carbonyl (C=O) groups is 1. The molecule has 174 valence electrons. The number of hydrogen-bond acceptors (Lipinski definition) is 4. The van der Waals surface area contributed by atoms with Crippen molar-refractivity contribution in [1.82, 2.24) is 19.8 Å². The maximum absolute atomic E-state index is 13.9. The summed E-state index contributed by atoms with van der Waals surface area (Å²) in [5, 5.41) is 2.27. The topological polar surface area (TPSA) is 76.2 Å². The summed E-state index contributed by atoms with van der Waals surface area (Å²) in [5.41, 5.74) is 5.59. The van der Waals surface area contributed by atoms with Gasteiger partial charge in [0.2, 0.25) is 5.82 Å². The number of nitrogens with zero attached hydrogens (tertiary/aromatic N) is 3. The van der Waals surface area contributed by atoms with Gasteiger partial charge in [-0.15, -0.1) is 0 Å². The average molecular weight is 479 g/mol. The minimum Gasteiger partial charge on any atom is -0.358 e. The summed E-state index contributed by atoms with van der Waals surface area (Å²) in [6.07, 6.45) is -4.82. The Balaban J connectivity index is 1.75. The Kier molecular flexibility index (Phi) is 6.79. The molecule has 0 bridgehead atoms. The quantitative estimate of drug-likeness (QED) is 0.392. The van der Waals surface area contributed by atoms with E-state index in [2.05, 4.69) is 10.3 Å². The van der Waals surface area contributed by atoms with E-state index < -0.39 is 41.4 Å². The van der Waals surface area contributed by atoms with Crippen LogP contribution in [0.4, 0.5) is 26.3 Å². The number of hydrogen-bond donors (Lipinski definition) is 2. The number of amides is 1. The molecule has 3 rings (SSSR count). The van der Waals surface area contributed by atoms with Crippen LogP contribution in [0.5, 0.6) is 0 Å². The van der Waals surface area contributed by atoms with Crippen molar-refractivity contribution in [1.29, 1.82) is 0 Å². The van der Waals surface area contributed by atoms with Crippen LogP contribution in [0.2, 0.25) is 0 Å². The minimum atomic E-state index is -4.74. The van der Waals surface area contributed by atoms with Gasteiger partial charge in [-0.25, -0.2) is 18.2 Å². The van der Waals surface area contributed by atoms with Gasteiger partial charge in [-0.05, 0) is 18.1 Å². The molecule has 1 atom stereocenters. The molecule has 2 aromatic rings. The van der Waals surface area contributed by atoms with Gasteiger partial charge in [0.05, 0.1) is 17.2 Å². The second kappa shape index (κ2) is 9.06. The Morgan fingerprint density at radius 2 is 1.88 bits per heavy atom. The number of carbonyl (C=O) groups excluding carboxylic acids is 1. The number of nitrogens with one attached hydrogen (secondary N) is 1. The Labute approximate surface area is 184 Å². The maximum Gasteiger partial charge on any atom is 0.449 e. The fourth-order valence-corrected chi connectivity index (χ4v) is 3.90. The van der Waals surface area contributed by atoms with Gasteiger partial charge in [-0.3, -0.25) is 4.79 Å². The summed E-state index contributed by atoms with van der Waals surface area (Å²) in [4.78, 5) is 17.4. The van der Waals surface area contributed by atoms with E-state index in [0.717, 1.165) is 10.6 Å². The molecule has 1 aromatic carbocycles. The maximum atomic E-state index is 13.9. The highest BCUT2D eigenvalue weighted by atomic mass is 32.1. The highest BCUT2D eigenvalue weighted by Crippen LogP contribution is 2.32. The lowest BCUT2D eigenvalue weighted by atomic mass is 10.0. The van der Waals surface area contributed by atoms with Gasteiger partial charge in [0.15, 0.2) is 17.3 Å². The van der Waals surface area contributed by atoms with Crippen molar-refractivity contribution in [2.75, 3.05) is 13.6 Å². The molecule has 32 heavy (non-hydrogen) atoms. The zero-order valence-corrected chi connectivity index (χ0v) is 17.6. The van der Waals surface area contributed by atoms with E-state index in [-0.39, 0.29) is 54.4 Å². The fraction of sp³-hybridized carbons (Fsp3) is 0.421. The number of thiocarbonyl (C=S) groups is 1. The average Bonchev–Trinajstić information content (AvgIpc) is 3.10. The number of nitrogens with two attached hydrogens (primary N) is 1. The zero-order valence-electron chi connectivity index (χ0n) is 16.8. The number of fused-ring (bicyclic) bond motifs is 1. The van der Waals surface area contributed by atoms with Gasteiger partial charge < -0.3 is 20.5 Å².